The Bertz CT molecular complexity index is 688. The molecule has 0 aromatic carbocycles. The maximum absolute atomic E-state index is 12.3. The van der Waals surface area contributed by atoms with E-state index in [0.717, 1.165) is 5.57 Å². The molecule has 2 saturated heterocycles. The second kappa shape index (κ2) is 9.44. The Labute approximate surface area is 175 Å². The zero-order valence-electron chi connectivity index (χ0n) is 17.4. The van der Waals surface area contributed by atoms with Crippen LogP contribution in [0, 0.1) is 11.8 Å². The number of rotatable bonds is 3. The van der Waals surface area contributed by atoms with Crippen molar-refractivity contribution >= 4 is 5.97 Å². The first-order valence-electron chi connectivity index (χ1n) is 10.3. The molecule has 0 aromatic rings. The molecule has 30 heavy (non-hydrogen) atoms. The van der Waals surface area contributed by atoms with Crippen LogP contribution >= 0.6 is 0 Å². The SMILES string of the molecule is C/C1=C\C[C@@H](O)/C(C)=C/[C@H]2OC(=O)[C@H](C)[C@@H]2[C@@H](O[C@H]2O[C@H](CO)[C@@H](O)[C@H](O)[C@H]2O)C1. The third kappa shape index (κ3) is 4.62. The number of hydrogen-bond acceptors (Lipinski definition) is 9. The monoisotopic (exact) mass is 428 g/mol. The van der Waals surface area contributed by atoms with Gasteiger partial charge in [-0.05, 0) is 38.3 Å². The third-order valence-corrected chi connectivity index (χ3v) is 6.33. The number of aliphatic hydroxyl groups excluding tert-OH is 5. The summed E-state index contributed by atoms with van der Waals surface area (Å²) >= 11 is 0. The zero-order chi connectivity index (χ0) is 22.2. The number of carbonyl (C=O) groups is 1. The average molecular weight is 428 g/mol. The number of carbonyl (C=O) groups excluding carboxylic acids is 1. The van der Waals surface area contributed by atoms with Crippen molar-refractivity contribution in [3.8, 4) is 0 Å². The topological polar surface area (TPSA) is 146 Å². The summed E-state index contributed by atoms with van der Waals surface area (Å²) in [5.74, 6) is -1.31. The standard InChI is InChI=1S/C21H32O9/c1-9-4-5-12(23)10(2)7-14-16(11(3)20(27)28-14)13(6-9)29-21-19(26)18(25)17(24)15(8-22)30-21/h4,7,11-19,21-26H,5-6,8H2,1-3H3/b9-4+,10-7+/t11-,12-,13+,14-,15-,16-,17-,18+,19-,21+/m1/s1. The van der Waals surface area contributed by atoms with E-state index >= 15 is 0 Å². The lowest BCUT2D eigenvalue weighted by Crippen LogP contribution is -2.60. The number of ether oxygens (including phenoxy) is 3. The van der Waals surface area contributed by atoms with Gasteiger partial charge in [0.15, 0.2) is 6.29 Å². The Kier molecular flexibility index (Phi) is 7.34. The van der Waals surface area contributed by atoms with Gasteiger partial charge in [-0.15, -0.1) is 0 Å². The van der Waals surface area contributed by atoms with Crippen LogP contribution in [0.3, 0.4) is 0 Å². The van der Waals surface area contributed by atoms with Gasteiger partial charge in [-0.2, -0.15) is 0 Å². The molecule has 9 heteroatoms. The van der Waals surface area contributed by atoms with E-state index in [2.05, 4.69) is 0 Å². The van der Waals surface area contributed by atoms with Gasteiger partial charge in [0.05, 0.1) is 24.7 Å². The summed E-state index contributed by atoms with van der Waals surface area (Å²) in [6.07, 6.45) is -4.46. The molecule has 2 heterocycles. The van der Waals surface area contributed by atoms with E-state index in [-0.39, 0.29) is 5.97 Å². The predicted octanol–water partition coefficient (Wildman–Crippen LogP) is -0.603. The summed E-state index contributed by atoms with van der Waals surface area (Å²) in [6, 6.07) is 0. The minimum absolute atomic E-state index is 0.383. The predicted molar refractivity (Wildman–Crippen MR) is 104 cm³/mol. The quantitative estimate of drug-likeness (QED) is 0.294. The van der Waals surface area contributed by atoms with E-state index in [1.54, 1.807) is 19.9 Å². The Hall–Kier alpha value is -1.33. The molecule has 0 unspecified atom stereocenters. The van der Waals surface area contributed by atoms with Crippen LogP contribution in [0.25, 0.3) is 0 Å². The van der Waals surface area contributed by atoms with Crippen LogP contribution in [0.1, 0.15) is 33.6 Å². The fourth-order valence-corrected chi connectivity index (χ4v) is 4.34. The highest BCUT2D eigenvalue weighted by atomic mass is 16.7. The smallest absolute Gasteiger partial charge is 0.309 e. The highest BCUT2D eigenvalue weighted by Gasteiger charge is 2.50. The van der Waals surface area contributed by atoms with Crippen molar-refractivity contribution in [2.45, 2.75) is 82.6 Å². The number of fused-ring (bicyclic) bond motifs is 1. The fraction of sp³-hybridized carbons (Fsp3) is 0.762. The maximum Gasteiger partial charge on any atom is 0.309 e. The highest BCUT2D eigenvalue weighted by Crippen LogP contribution is 2.38. The Balaban J connectivity index is 1.91. The van der Waals surface area contributed by atoms with E-state index in [1.807, 2.05) is 13.0 Å². The summed E-state index contributed by atoms with van der Waals surface area (Å²) in [6.45, 7) is 4.84. The van der Waals surface area contributed by atoms with Crippen molar-refractivity contribution < 1.29 is 44.5 Å². The van der Waals surface area contributed by atoms with Gasteiger partial charge in [0.1, 0.15) is 30.5 Å². The summed E-state index contributed by atoms with van der Waals surface area (Å²) in [7, 11) is 0. The van der Waals surface area contributed by atoms with E-state index in [1.165, 1.54) is 0 Å². The molecule has 0 aromatic heterocycles. The third-order valence-electron chi connectivity index (χ3n) is 6.33. The Morgan fingerprint density at radius 3 is 2.50 bits per heavy atom. The molecule has 0 radical (unpaired) electrons. The largest absolute Gasteiger partial charge is 0.457 e. The van der Waals surface area contributed by atoms with Gasteiger partial charge >= 0.3 is 5.97 Å². The zero-order valence-corrected chi connectivity index (χ0v) is 17.4. The van der Waals surface area contributed by atoms with Crippen LogP contribution in [0.5, 0.6) is 0 Å². The van der Waals surface area contributed by atoms with E-state index in [4.69, 9.17) is 14.2 Å². The maximum atomic E-state index is 12.3. The van der Waals surface area contributed by atoms with Crippen LogP contribution in [0.4, 0.5) is 0 Å². The van der Waals surface area contributed by atoms with Gasteiger partial charge in [-0.25, -0.2) is 0 Å². The van der Waals surface area contributed by atoms with Crippen molar-refractivity contribution in [2.75, 3.05) is 6.61 Å². The highest BCUT2D eigenvalue weighted by molar-refractivity contribution is 5.75. The minimum Gasteiger partial charge on any atom is -0.457 e. The minimum atomic E-state index is -1.55. The van der Waals surface area contributed by atoms with Crippen molar-refractivity contribution in [3.05, 3.63) is 23.3 Å². The van der Waals surface area contributed by atoms with Gasteiger partial charge in [-0.1, -0.05) is 18.6 Å². The molecule has 0 bridgehead atoms. The van der Waals surface area contributed by atoms with Gasteiger partial charge in [0.2, 0.25) is 0 Å². The van der Waals surface area contributed by atoms with E-state index in [0.29, 0.717) is 18.4 Å². The summed E-state index contributed by atoms with van der Waals surface area (Å²) < 4.78 is 17.1. The summed E-state index contributed by atoms with van der Waals surface area (Å²) in [4.78, 5) is 12.3. The first-order valence-corrected chi connectivity index (χ1v) is 10.3. The van der Waals surface area contributed by atoms with Crippen LogP contribution in [-0.2, 0) is 19.0 Å². The molecule has 170 valence electrons. The van der Waals surface area contributed by atoms with Gasteiger partial charge in [0, 0.05) is 5.92 Å². The number of esters is 1. The van der Waals surface area contributed by atoms with Crippen LogP contribution in [-0.4, -0.2) is 87.1 Å². The van der Waals surface area contributed by atoms with Gasteiger partial charge in [0.25, 0.3) is 0 Å². The first-order chi connectivity index (χ1) is 14.1. The summed E-state index contributed by atoms with van der Waals surface area (Å²) in [5, 5.41) is 50.2. The van der Waals surface area contributed by atoms with E-state index in [9.17, 15) is 30.3 Å². The van der Waals surface area contributed by atoms with Crippen LogP contribution < -0.4 is 0 Å². The number of aliphatic hydroxyl groups is 5. The van der Waals surface area contributed by atoms with Crippen LogP contribution in [0.15, 0.2) is 23.3 Å². The molecule has 3 aliphatic rings. The Morgan fingerprint density at radius 2 is 1.83 bits per heavy atom. The molecular formula is C21H32O9. The molecule has 2 aliphatic heterocycles. The normalized spacial score (nSPS) is 48.7. The lowest BCUT2D eigenvalue weighted by Gasteiger charge is -2.42. The second-order valence-electron chi connectivity index (χ2n) is 8.56. The van der Waals surface area contributed by atoms with Crippen molar-refractivity contribution in [1.29, 1.82) is 0 Å². The Morgan fingerprint density at radius 1 is 1.13 bits per heavy atom. The molecular weight excluding hydrogens is 396 g/mol. The molecule has 9 nitrogen and oxygen atoms in total. The molecule has 3 rings (SSSR count). The van der Waals surface area contributed by atoms with Gasteiger partial charge in [-0.3, -0.25) is 4.79 Å². The number of hydrogen-bond donors (Lipinski definition) is 5. The second-order valence-corrected chi connectivity index (χ2v) is 8.56. The molecule has 0 spiro atoms. The van der Waals surface area contributed by atoms with Crippen molar-refractivity contribution in [3.63, 3.8) is 0 Å². The van der Waals surface area contributed by atoms with Crippen molar-refractivity contribution in [2.24, 2.45) is 11.8 Å². The van der Waals surface area contributed by atoms with Crippen molar-refractivity contribution in [1.82, 2.24) is 0 Å². The average Bonchev–Trinajstić information content (AvgIpc) is 2.98. The molecule has 5 N–H and O–H groups in total. The molecule has 2 fully saturated rings. The van der Waals surface area contributed by atoms with E-state index < -0.39 is 67.5 Å². The molecule has 0 amide bonds. The summed E-state index contributed by atoms with van der Waals surface area (Å²) in [5.41, 5.74) is 1.60. The molecule has 10 atom stereocenters. The first kappa shape index (κ1) is 23.3. The van der Waals surface area contributed by atoms with Gasteiger partial charge < -0.3 is 39.7 Å². The van der Waals surface area contributed by atoms with Crippen LogP contribution in [0.2, 0.25) is 0 Å². The molecule has 0 saturated carbocycles. The molecule has 1 aliphatic carbocycles. The lowest BCUT2D eigenvalue weighted by molar-refractivity contribution is -0.315. The lowest BCUT2D eigenvalue weighted by atomic mass is 9.82. The fourth-order valence-electron chi connectivity index (χ4n) is 4.34.